The van der Waals surface area contributed by atoms with Gasteiger partial charge < -0.3 is 19.3 Å². The molecule has 0 radical (unpaired) electrons. The van der Waals surface area contributed by atoms with Crippen molar-refractivity contribution in [3.8, 4) is 5.75 Å². The Morgan fingerprint density at radius 2 is 1.71 bits per heavy atom. The maximum atomic E-state index is 12.2. The summed E-state index contributed by atoms with van der Waals surface area (Å²) in [6, 6.07) is 7.15. The highest BCUT2D eigenvalue weighted by Crippen LogP contribution is 2.16. The maximum absolute atomic E-state index is 12.2. The number of hydrogen-bond donors (Lipinski definition) is 0. The van der Waals surface area contributed by atoms with Crippen molar-refractivity contribution < 1.29 is 19.1 Å². The predicted octanol–water partition coefficient (Wildman–Crippen LogP) is 2.80. The molecule has 0 bridgehead atoms. The first kappa shape index (κ1) is 18.4. The van der Waals surface area contributed by atoms with Crippen molar-refractivity contribution in [1.82, 2.24) is 9.80 Å². The Bertz CT molecular complexity index is 542. The molecule has 1 aromatic rings. The van der Waals surface area contributed by atoms with E-state index in [-0.39, 0.29) is 12.0 Å². The number of carbonyl (C=O) groups is 2. The Kier molecular flexibility index (Phi) is 7.18. The molecule has 24 heavy (non-hydrogen) atoms. The zero-order valence-corrected chi connectivity index (χ0v) is 14.6. The van der Waals surface area contributed by atoms with Gasteiger partial charge in [-0.15, -0.1) is 0 Å². The molecule has 2 rings (SSSR count). The lowest BCUT2D eigenvalue weighted by Gasteiger charge is -2.34. The van der Waals surface area contributed by atoms with Crippen molar-refractivity contribution in [3.63, 3.8) is 0 Å². The molecular weight excluding hydrogens is 332 g/mol. The quantitative estimate of drug-likeness (QED) is 0.737. The third kappa shape index (κ3) is 5.60. The highest BCUT2D eigenvalue weighted by Gasteiger charge is 2.24. The van der Waals surface area contributed by atoms with Crippen LogP contribution in [0.2, 0.25) is 5.02 Å². The summed E-state index contributed by atoms with van der Waals surface area (Å²) >= 11 is 5.81. The van der Waals surface area contributed by atoms with Gasteiger partial charge in [-0.2, -0.15) is 0 Å². The fourth-order valence-electron chi connectivity index (χ4n) is 2.46. The molecule has 1 fully saturated rings. The Morgan fingerprint density at radius 3 is 2.33 bits per heavy atom. The molecule has 2 amide bonds. The zero-order chi connectivity index (χ0) is 17.4. The summed E-state index contributed by atoms with van der Waals surface area (Å²) < 4.78 is 10.5. The van der Waals surface area contributed by atoms with Crippen molar-refractivity contribution in [2.45, 2.75) is 19.8 Å². The summed E-state index contributed by atoms with van der Waals surface area (Å²) in [4.78, 5) is 27.2. The van der Waals surface area contributed by atoms with Crippen LogP contribution < -0.4 is 4.74 Å². The average Bonchev–Trinajstić information content (AvgIpc) is 2.60. The zero-order valence-electron chi connectivity index (χ0n) is 13.9. The average molecular weight is 355 g/mol. The number of hydrogen-bond acceptors (Lipinski definition) is 4. The van der Waals surface area contributed by atoms with Gasteiger partial charge in [0.15, 0.2) is 0 Å². The Morgan fingerprint density at radius 1 is 1.08 bits per heavy atom. The summed E-state index contributed by atoms with van der Waals surface area (Å²) in [5.41, 5.74) is 0. The largest absolute Gasteiger partial charge is 0.494 e. The molecule has 0 atom stereocenters. The normalized spacial score (nSPS) is 14.4. The summed E-state index contributed by atoms with van der Waals surface area (Å²) in [6.07, 6.45) is 0.785. The van der Waals surface area contributed by atoms with Crippen LogP contribution in [0.1, 0.15) is 19.8 Å². The van der Waals surface area contributed by atoms with E-state index in [4.69, 9.17) is 21.1 Å². The van der Waals surface area contributed by atoms with Crippen molar-refractivity contribution in [2.75, 3.05) is 39.4 Å². The van der Waals surface area contributed by atoms with Crippen LogP contribution in [-0.2, 0) is 9.53 Å². The standard InChI is InChI=1S/C17H23ClN2O4/c1-2-23-17(22)20-11-9-19(10-12-20)16(21)4-3-13-24-15-7-5-14(18)6-8-15/h5-8H,2-4,9-13H2,1H3. The van der Waals surface area contributed by atoms with Crippen LogP contribution in [0.25, 0.3) is 0 Å². The van der Waals surface area contributed by atoms with Crippen LogP contribution in [0.15, 0.2) is 24.3 Å². The van der Waals surface area contributed by atoms with Crippen LogP contribution in [0.4, 0.5) is 4.79 Å². The van der Waals surface area contributed by atoms with Crippen LogP contribution in [0.5, 0.6) is 5.75 Å². The van der Waals surface area contributed by atoms with Gasteiger partial charge in [0.2, 0.25) is 5.91 Å². The topological polar surface area (TPSA) is 59.1 Å². The molecule has 1 saturated heterocycles. The lowest BCUT2D eigenvalue weighted by Crippen LogP contribution is -2.50. The van der Waals surface area contributed by atoms with Crippen molar-refractivity contribution >= 4 is 23.6 Å². The van der Waals surface area contributed by atoms with E-state index in [1.54, 1.807) is 41.0 Å². The van der Waals surface area contributed by atoms with E-state index in [1.165, 1.54) is 0 Å². The van der Waals surface area contributed by atoms with Gasteiger partial charge in [0.1, 0.15) is 5.75 Å². The number of benzene rings is 1. The Balaban J connectivity index is 1.63. The molecule has 0 unspecified atom stereocenters. The summed E-state index contributed by atoms with van der Waals surface area (Å²) in [6.45, 7) is 4.77. The van der Waals surface area contributed by atoms with Gasteiger partial charge in [-0.25, -0.2) is 4.79 Å². The molecule has 1 aliphatic rings. The van der Waals surface area contributed by atoms with E-state index >= 15 is 0 Å². The maximum Gasteiger partial charge on any atom is 0.409 e. The number of ether oxygens (including phenoxy) is 2. The monoisotopic (exact) mass is 354 g/mol. The number of carbonyl (C=O) groups excluding carboxylic acids is 2. The van der Waals surface area contributed by atoms with Gasteiger partial charge in [0, 0.05) is 37.6 Å². The van der Waals surface area contributed by atoms with Gasteiger partial charge in [0.25, 0.3) is 0 Å². The number of rotatable bonds is 6. The number of amides is 2. The highest BCUT2D eigenvalue weighted by atomic mass is 35.5. The second kappa shape index (κ2) is 9.37. The highest BCUT2D eigenvalue weighted by molar-refractivity contribution is 6.30. The molecule has 0 aromatic heterocycles. The molecule has 0 spiro atoms. The minimum Gasteiger partial charge on any atom is -0.494 e. The van der Waals surface area contributed by atoms with Crippen molar-refractivity contribution in [2.24, 2.45) is 0 Å². The fourth-order valence-corrected chi connectivity index (χ4v) is 2.58. The second-order valence-corrected chi connectivity index (χ2v) is 5.91. The minimum atomic E-state index is -0.305. The minimum absolute atomic E-state index is 0.0956. The first-order chi connectivity index (χ1) is 11.6. The Hall–Kier alpha value is -1.95. The van der Waals surface area contributed by atoms with Gasteiger partial charge in [-0.1, -0.05) is 11.6 Å². The lowest BCUT2D eigenvalue weighted by atomic mass is 10.2. The van der Waals surface area contributed by atoms with E-state index in [1.807, 2.05) is 0 Å². The molecule has 1 aromatic carbocycles. The molecule has 0 N–H and O–H groups in total. The fraction of sp³-hybridized carbons (Fsp3) is 0.529. The van der Waals surface area contributed by atoms with E-state index in [9.17, 15) is 9.59 Å². The predicted molar refractivity (Wildman–Crippen MR) is 91.4 cm³/mol. The molecule has 0 aliphatic carbocycles. The summed E-state index contributed by atoms with van der Waals surface area (Å²) in [5, 5.41) is 0.666. The first-order valence-corrected chi connectivity index (χ1v) is 8.55. The first-order valence-electron chi connectivity index (χ1n) is 8.18. The summed E-state index contributed by atoms with van der Waals surface area (Å²) in [7, 11) is 0. The van der Waals surface area contributed by atoms with E-state index in [0.29, 0.717) is 57.3 Å². The van der Waals surface area contributed by atoms with Crippen molar-refractivity contribution in [3.05, 3.63) is 29.3 Å². The third-order valence-corrected chi connectivity index (χ3v) is 4.03. The smallest absolute Gasteiger partial charge is 0.409 e. The molecule has 1 heterocycles. The third-order valence-electron chi connectivity index (χ3n) is 3.78. The van der Waals surface area contributed by atoms with E-state index < -0.39 is 0 Å². The molecular formula is C17H23ClN2O4. The molecule has 7 heteroatoms. The number of halogens is 1. The molecule has 6 nitrogen and oxygen atoms in total. The van der Waals surface area contributed by atoms with E-state index in [0.717, 1.165) is 5.75 Å². The molecule has 132 valence electrons. The molecule has 0 saturated carbocycles. The van der Waals surface area contributed by atoms with Crippen LogP contribution >= 0.6 is 11.6 Å². The number of nitrogens with zero attached hydrogens (tertiary/aromatic N) is 2. The van der Waals surface area contributed by atoms with Crippen molar-refractivity contribution in [1.29, 1.82) is 0 Å². The van der Waals surface area contributed by atoms with Gasteiger partial charge in [0.05, 0.1) is 13.2 Å². The lowest BCUT2D eigenvalue weighted by molar-refractivity contribution is -0.133. The van der Waals surface area contributed by atoms with Crippen LogP contribution in [0.3, 0.4) is 0 Å². The van der Waals surface area contributed by atoms with Crippen LogP contribution in [0, 0.1) is 0 Å². The second-order valence-electron chi connectivity index (χ2n) is 5.47. The Labute approximate surface area is 147 Å². The SMILES string of the molecule is CCOC(=O)N1CCN(C(=O)CCCOc2ccc(Cl)cc2)CC1. The van der Waals surface area contributed by atoms with Gasteiger partial charge in [-0.05, 0) is 37.6 Å². The van der Waals surface area contributed by atoms with E-state index in [2.05, 4.69) is 0 Å². The number of piperazine rings is 1. The van der Waals surface area contributed by atoms with Crippen LogP contribution in [-0.4, -0.2) is 61.2 Å². The molecule has 1 aliphatic heterocycles. The summed E-state index contributed by atoms with van der Waals surface area (Å²) in [5.74, 6) is 0.841. The van der Waals surface area contributed by atoms with Gasteiger partial charge in [-0.3, -0.25) is 4.79 Å². The van der Waals surface area contributed by atoms with Gasteiger partial charge >= 0.3 is 6.09 Å².